The van der Waals surface area contributed by atoms with Crippen LogP contribution in [-0.4, -0.2) is 39.2 Å². The molecule has 180 valence electrons. The zero-order valence-electron chi connectivity index (χ0n) is 20.5. The third kappa shape index (κ3) is 3.88. The number of carbonyl (C=O) groups excluding carboxylic acids is 1. The number of fused-ring (bicyclic) bond motifs is 2. The van der Waals surface area contributed by atoms with Crippen LogP contribution in [0.3, 0.4) is 0 Å². The molecule has 2 heterocycles. The summed E-state index contributed by atoms with van der Waals surface area (Å²) in [5, 5.41) is 8.69. The number of carboxylic acid groups (broad SMARTS) is 1. The maximum absolute atomic E-state index is 13.0. The quantitative estimate of drug-likeness (QED) is 0.360. The second-order valence-electron chi connectivity index (χ2n) is 9.72. The molecule has 0 bridgehead atoms. The second kappa shape index (κ2) is 8.61. The average Bonchev–Trinajstić information content (AvgIpc) is 3.25. The lowest BCUT2D eigenvalue weighted by Gasteiger charge is -2.21. The minimum Gasteiger partial charge on any atom is -0.496 e. The summed E-state index contributed by atoms with van der Waals surface area (Å²) in [6, 6.07) is 5.99. The Morgan fingerprint density at radius 3 is 2.50 bits per heavy atom. The van der Waals surface area contributed by atoms with Crippen molar-refractivity contribution >= 4 is 44.4 Å². The molecule has 0 spiro atoms. The molecule has 1 atom stereocenters. The van der Waals surface area contributed by atoms with E-state index in [0.29, 0.717) is 11.7 Å². The molecule has 4 rings (SSSR count). The predicted octanol–water partition coefficient (Wildman–Crippen LogP) is 4.65. The monoisotopic (exact) mass is 500 g/mol. The average molecular weight is 501 g/mol. The van der Waals surface area contributed by atoms with E-state index in [2.05, 4.69) is 11.1 Å². The van der Waals surface area contributed by atoms with Gasteiger partial charge in [0.2, 0.25) is 0 Å². The minimum atomic E-state index is -0.831. The van der Waals surface area contributed by atoms with Gasteiger partial charge >= 0.3 is 11.9 Å². The lowest BCUT2D eigenvalue weighted by atomic mass is 9.80. The standard InChI is InChI=1S/C25H29N3O4S2/c1-13-19(12-33-34-14(2)21(29)30)28(9-8-20(13)32-7)23-26-17-10-15-16(11-18(17)27-23)25(5,6)22(31)24(15,3)4/h8-11,14H,12H2,1-7H3,(H-,26,27,29,30)/p+1. The number of carbonyl (C=O) groups is 2. The zero-order valence-corrected chi connectivity index (χ0v) is 22.1. The highest BCUT2D eigenvalue weighted by Crippen LogP contribution is 2.47. The molecule has 0 saturated carbocycles. The fourth-order valence-electron chi connectivity index (χ4n) is 4.73. The maximum atomic E-state index is 13.0. The van der Waals surface area contributed by atoms with Crippen LogP contribution in [0, 0.1) is 6.92 Å². The van der Waals surface area contributed by atoms with E-state index < -0.39 is 22.0 Å². The number of hydrogen-bond donors (Lipinski definition) is 2. The van der Waals surface area contributed by atoms with E-state index in [-0.39, 0.29) is 5.78 Å². The summed E-state index contributed by atoms with van der Waals surface area (Å²) < 4.78 is 7.51. The highest BCUT2D eigenvalue weighted by molar-refractivity contribution is 8.76. The van der Waals surface area contributed by atoms with Crippen LogP contribution in [0.1, 0.15) is 57.0 Å². The van der Waals surface area contributed by atoms with Crippen molar-refractivity contribution in [1.29, 1.82) is 0 Å². The number of carboxylic acids is 1. The molecule has 9 heteroatoms. The van der Waals surface area contributed by atoms with Gasteiger partial charge in [-0.1, -0.05) is 26.6 Å². The number of hydrogen-bond acceptors (Lipinski definition) is 6. The summed E-state index contributed by atoms with van der Waals surface area (Å²) in [6.45, 7) is 11.6. The minimum absolute atomic E-state index is 0.218. The van der Waals surface area contributed by atoms with Gasteiger partial charge in [0.15, 0.2) is 11.3 Å². The Morgan fingerprint density at radius 2 is 1.88 bits per heavy atom. The van der Waals surface area contributed by atoms with E-state index in [1.807, 2.05) is 57.5 Å². The van der Waals surface area contributed by atoms with E-state index in [1.54, 1.807) is 14.0 Å². The maximum Gasteiger partial charge on any atom is 0.402 e. The van der Waals surface area contributed by atoms with Gasteiger partial charge < -0.3 is 9.84 Å². The molecular formula is C25H30N3O4S2+. The second-order valence-corrected chi connectivity index (χ2v) is 12.4. The summed E-state index contributed by atoms with van der Waals surface area (Å²) in [7, 11) is 4.45. The Hall–Kier alpha value is -2.52. The molecule has 2 aromatic heterocycles. The SMILES string of the molecule is COc1cc[n+](-c2nc3cc4c(cc3[nH]2)C(C)(C)C(=O)C4(C)C)c(CSSC(C)C(=O)O)c1C. The number of nitrogens with one attached hydrogen (secondary N) is 1. The third-order valence-corrected chi connectivity index (χ3v) is 9.41. The van der Waals surface area contributed by atoms with Crippen LogP contribution >= 0.6 is 21.6 Å². The summed E-state index contributed by atoms with van der Waals surface area (Å²) >= 11 is 0. The van der Waals surface area contributed by atoms with E-state index in [4.69, 9.17) is 9.72 Å². The Balaban J connectivity index is 1.78. The number of aromatic nitrogens is 3. The first kappa shape index (κ1) is 24.6. The van der Waals surface area contributed by atoms with E-state index in [9.17, 15) is 14.7 Å². The number of benzene rings is 1. The van der Waals surface area contributed by atoms with Crippen LogP contribution in [0.25, 0.3) is 17.0 Å². The number of Topliss-reactive ketones (excluding diaryl/α,β-unsaturated/α-hetero) is 1. The van der Waals surface area contributed by atoms with Gasteiger partial charge in [0.1, 0.15) is 22.2 Å². The van der Waals surface area contributed by atoms with Gasteiger partial charge in [-0.3, -0.25) is 9.59 Å². The van der Waals surface area contributed by atoms with Crippen molar-refractivity contribution < 1.29 is 24.0 Å². The number of H-pyrrole nitrogens is 1. The van der Waals surface area contributed by atoms with Crippen molar-refractivity contribution in [2.75, 3.05) is 7.11 Å². The smallest absolute Gasteiger partial charge is 0.402 e. The Bertz CT molecular complexity index is 1260. The van der Waals surface area contributed by atoms with E-state index in [1.165, 1.54) is 21.6 Å². The molecule has 0 radical (unpaired) electrons. The Morgan fingerprint density at radius 1 is 1.24 bits per heavy atom. The van der Waals surface area contributed by atoms with Gasteiger partial charge in [0.25, 0.3) is 0 Å². The molecule has 1 unspecified atom stereocenters. The highest BCUT2D eigenvalue weighted by atomic mass is 33.1. The topological polar surface area (TPSA) is 96.2 Å². The van der Waals surface area contributed by atoms with Crippen LogP contribution in [0.5, 0.6) is 5.75 Å². The van der Waals surface area contributed by atoms with Crippen LogP contribution in [0.4, 0.5) is 0 Å². The molecule has 34 heavy (non-hydrogen) atoms. The van der Waals surface area contributed by atoms with Crippen LogP contribution in [0.2, 0.25) is 0 Å². The first-order chi connectivity index (χ1) is 15.9. The normalized spacial score (nSPS) is 17.1. The number of ketones is 1. The van der Waals surface area contributed by atoms with Crippen molar-refractivity contribution in [1.82, 2.24) is 9.97 Å². The largest absolute Gasteiger partial charge is 0.496 e. The lowest BCUT2D eigenvalue weighted by molar-refractivity contribution is -0.610. The van der Waals surface area contributed by atoms with Gasteiger partial charge in [-0.25, -0.2) is 9.55 Å². The fraction of sp³-hybridized carbons (Fsp3) is 0.440. The molecule has 0 amide bonds. The number of nitrogens with zero attached hydrogens (tertiary/aromatic N) is 2. The number of imidazole rings is 1. The van der Waals surface area contributed by atoms with Crippen molar-refractivity contribution in [3.8, 4) is 11.7 Å². The van der Waals surface area contributed by atoms with E-state index in [0.717, 1.165) is 39.2 Å². The van der Waals surface area contributed by atoms with Crippen molar-refractivity contribution in [2.24, 2.45) is 0 Å². The first-order valence-electron chi connectivity index (χ1n) is 11.1. The Labute approximate surface area is 207 Å². The van der Waals surface area contributed by atoms with Crippen molar-refractivity contribution in [3.63, 3.8) is 0 Å². The number of methoxy groups -OCH3 is 1. The molecule has 0 saturated heterocycles. The molecular weight excluding hydrogens is 470 g/mol. The molecule has 2 N–H and O–H groups in total. The van der Waals surface area contributed by atoms with Gasteiger partial charge in [0, 0.05) is 22.5 Å². The van der Waals surface area contributed by atoms with Crippen LogP contribution in [-0.2, 0) is 26.2 Å². The summed E-state index contributed by atoms with van der Waals surface area (Å²) in [5.41, 5.74) is 4.57. The number of rotatable bonds is 7. The van der Waals surface area contributed by atoms with Gasteiger partial charge in [-0.15, -0.1) is 0 Å². The van der Waals surface area contributed by atoms with Gasteiger partial charge in [0.05, 0.1) is 19.1 Å². The Kier molecular flexibility index (Phi) is 6.23. The van der Waals surface area contributed by atoms with Crippen molar-refractivity contribution in [2.45, 2.75) is 63.4 Å². The van der Waals surface area contributed by atoms with Crippen molar-refractivity contribution in [3.05, 3.63) is 46.8 Å². The van der Waals surface area contributed by atoms with Gasteiger partial charge in [-0.05, 0) is 64.8 Å². The molecule has 7 nitrogen and oxygen atoms in total. The van der Waals surface area contributed by atoms with Crippen LogP contribution in [0.15, 0.2) is 24.4 Å². The summed E-state index contributed by atoms with van der Waals surface area (Å²) in [4.78, 5) is 32.5. The molecule has 1 aliphatic rings. The third-order valence-electron chi connectivity index (χ3n) is 6.76. The molecule has 0 aliphatic heterocycles. The lowest BCUT2D eigenvalue weighted by Crippen LogP contribution is -2.37. The number of aromatic amines is 1. The summed E-state index contributed by atoms with van der Waals surface area (Å²) in [5.74, 6) is 1.39. The molecule has 1 aromatic carbocycles. The first-order valence-corrected chi connectivity index (χ1v) is 13.5. The zero-order chi connectivity index (χ0) is 25.0. The number of aliphatic carboxylic acids is 1. The van der Waals surface area contributed by atoms with Gasteiger partial charge in [-0.2, -0.15) is 0 Å². The number of ether oxygens (including phenoxy) is 1. The molecule has 1 aliphatic carbocycles. The van der Waals surface area contributed by atoms with Crippen LogP contribution < -0.4 is 9.30 Å². The predicted molar refractivity (Wildman–Crippen MR) is 136 cm³/mol. The summed E-state index contributed by atoms with van der Waals surface area (Å²) in [6.07, 6.45) is 1.91. The molecule has 0 fully saturated rings. The fourth-order valence-corrected chi connectivity index (χ4v) is 6.95. The molecule has 3 aromatic rings. The van der Waals surface area contributed by atoms with E-state index >= 15 is 0 Å². The highest BCUT2D eigenvalue weighted by Gasteiger charge is 2.50. The number of pyridine rings is 1.